The molecule has 1 atom stereocenters. The van der Waals surface area contributed by atoms with Gasteiger partial charge >= 0.3 is 0 Å². The summed E-state index contributed by atoms with van der Waals surface area (Å²) in [7, 11) is -0.141. The van der Waals surface area contributed by atoms with Gasteiger partial charge in [-0.15, -0.1) is 0 Å². The normalized spacial score (nSPS) is 11.2. The van der Waals surface area contributed by atoms with E-state index in [1.165, 1.54) is 0 Å². The van der Waals surface area contributed by atoms with Crippen LogP contribution in [0.3, 0.4) is 0 Å². The predicted molar refractivity (Wildman–Crippen MR) is 131 cm³/mol. The summed E-state index contributed by atoms with van der Waals surface area (Å²) in [5.41, 5.74) is 0.252. The molecule has 1 radical (unpaired) electrons. The largest absolute Gasteiger partial charge is 0.493 e. The van der Waals surface area contributed by atoms with Crippen molar-refractivity contribution in [3.05, 3.63) is 52.0 Å². The summed E-state index contributed by atoms with van der Waals surface area (Å²) in [5, 5.41) is 1.56. The molecule has 0 fully saturated rings. The summed E-state index contributed by atoms with van der Waals surface area (Å²) in [5.74, 6) is 2.55. The first-order chi connectivity index (χ1) is 13.8. The smallest absolute Gasteiger partial charge is 0.188 e. The summed E-state index contributed by atoms with van der Waals surface area (Å²) in [6.45, 7) is 9.88. The van der Waals surface area contributed by atoms with Crippen molar-refractivity contribution in [1.29, 1.82) is 0 Å². The SMILES string of the molecule is CC(C)CCOc1ccc(PC(=O)c2c(Cl)cccc2Cl)c(OCCC(C)C)c1.[Li]. The Labute approximate surface area is 204 Å². The fraction of sp³-hybridized carbons (Fsp3) is 0.435. The Hall–Kier alpha value is -0.683. The summed E-state index contributed by atoms with van der Waals surface area (Å²) < 4.78 is 11.9. The van der Waals surface area contributed by atoms with Gasteiger partial charge < -0.3 is 9.47 Å². The molecule has 2 rings (SSSR count). The second kappa shape index (κ2) is 13.7. The van der Waals surface area contributed by atoms with Crippen LogP contribution in [0.5, 0.6) is 11.5 Å². The van der Waals surface area contributed by atoms with Gasteiger partial charge in [0.15, 0.2) is 5.52 Å². The molecule has 0 aliphatic heterocycles. The van der Waals surface area contributed by atoms with E-state index >= 15 is 0 Å². The molecule has 0 spiro atoms. The van der Waals surface area contributed by atoms with Crippen LogP contribution in [0.4, 0.5) is 0 Å². The van der Waals surface area contributed by atoms with Crippen molar-refractivity contribution in [2.75, 3.05) is 13.2 Å². The molecule has 3 nitrogen and oxygen atoms in total. The fourth-order valence-corrected chi connectivity index (χ4v) is 4.33. The number of rotatable bonds is 11. The number of halogens is 2. The van der Waals surface area contributed by atoms with Gasteiger partial charge in [0.25, 0.3) is 0 Å². The van der Waals surface area contributed by atoms with Gasteiger partial charge in [0.05, 0.1) is 28.8 Å². The van der Waals surface area contributed by atoms with Crippen molar-refractivity contribution in [3.8, 4) is 11.5 Å². The minimum absolute atomic E-state index is 0. The van der Waals surface area contributed by atoms with Gasteiger partial charge in [-0.05, 0) is 57.5 Å². The molecular weight excluding hydrogens is 433 g/mol. The van der Waals surface area contributed by atoms with Crippen molar-refractivity contribution in [2.45, 2.75) is 40.5 Å². The molecule has 7 heteroatoms. The Morgan fingerprint density at radius 2 is 1.50 bits per heavy atom. The van der Waals surface area contributed by atoms with Crippen LogP contribution in [0.25, 0.3) is 0 Å². The maximum Gasteiger partial charge on any atom is 0.188 e. The third-order valence-electron chi connectivity index (χ3n) is 4.31. The summed E-state index contributed by atoms with van der Waals surface area (Å²) in [6, 6.07) is 10.8. The molecule has 0 amide bonds. The molecule has 0 heterocycles. The Morgan fingerprint density at radius 3 is 2.07 bits per heavy atom. The van der Waals surface area contributed by atoms with Gasteiger partial charge in [-0.1, -0.05) is 57.0 Å². The molecule has 2 aromatic carbocycles. The first kappa shape index (κ1) is 27.4. The average Bonchev–Trinajstić information content (AvgIpc) is 2.63. The van der Waals surface area contributed by atoms with Crippen LogP contribution in [0.2, 0.25) is 10.0 Å². The van der Waals surface area contributed by atoms with Gasteiger partial charge in [0, 0.05) is 30.2 Å². The minimum Gasteiger partial charge on any atom is -0.493 e. The second-order valence-corrected chi connectivity index (χ2v) is 9.83. The maximum atomic E-state index is 12.9. The van der Waals surface area contributed by atoms with Crippen LogP contribution < -0.4 is 14.8 Å². The van der Waals surface area contributed by atoms with Crippen LogP contribution in [0, 0.1) is 11.8 Å². The van der Waals surface area contributed by atoms with Gasteiger partial charge in [0.2, 0.25) is 0 Å². The number of hydrogen-bond acceptors (Lipinski definition) is 3. The Kier molecular flexibility index (Phi) is 12.5. The summed E-state index contributed by atoms with van der Waals surface area (Å²) >= 11 is 12.4. The zero-order valence-corrected chi connectivity index (χ0v) is 20.9. The molecule has 0 aliphatic carbocycles. The third kappa shape index (κ3) is 8.82. The monoisotopic (exact) mass is 461 g/mol. The van der Waals surface area contributed by atoms with Crippen LogP contribution in [-0.2, 0) is 0 Å². The number of hydrogen-bond donors (Lipinski definition) is 0. The van der Waals surface area contributed by atoms with Crippen molar-refractivity contribution in [3.63, 3.8) is 0 Å². The van der Waals surface area contributed by atoms with E-state index in [0.29, 0.717) is 46.4 Å². The molecule has 159 valence electrons. The first-order valence-corrected chi connectivity index (χ1v) is 11.7. The van der Waals surface area contributed by atoms with E-state index in [1.54, 1.807) is 18.2 Å². The zero-order chi connectivity index (χ0) is 21.4. The molecule has 30 heavy (non-hydrogen) atoms. The average molecular weight is 462 g/mol. The van der Waals surface area contributed by atoms with Gasteiger partial charge in [-0.3, -0.25) is 4.79 Å². The Morgan fingerprint density at radius 1 is 0.933 bits per heavy atom. The van der Waals surface area contributed by atoms with Crippen LogP contribution in [-0.4, -0.2) is 37.6 Å². The minimum atomic E-state index is -0.141. The number of carbonyl (C=O) groups is 1. The quantitative estimate of drug-likeness (QED) is 0.279. The number of ether oxygens (including phenoxy) is 2. The van der Waals surface area contributed by atoms with Crippen LogP contribution in [0.15, 0.2) is 36.4 Å². The van der Waals surface area contributed by atoms with E-state index in [2.05, 4.69) is 27.7 Å². The molecule has 2 aromatic rings. The van der Waals surface area contributed by atoms with E-state index in [-0.39, 0.29) is 33.0 Å². The van der Waals surface area contributed by atoms with Crippen LogP contribution >= 0.6 is 31.8 Å². The molecule has 0 N–H and O–H groups in total. The van der Waals surface area contributed by atoms with Gasteiger partial charge in [-0.2, -0.15) is 0 Å². The molecule has 0 saturated heterocycles. The number of benzene rings is 2. The van der Waals surface area contributed by atoms with E-state index in [1.807, 2.05) is 18.2 Å². The van der Waals surface area contributed by atoms with Gasteiger partial charge in [-0.25, -0.2) is 0 Å². The molecule has 0 bridgehead atoms. The molecular formula is C23H29Cl2LiO3P. The van der Waals surface area contributed by atoms with E-state index in [0.717, 1.165) is 23.9 Å². The van der Waals surface area contributed by atoms with E-state index < -0.39 is 0 Å². The Balaban J connectivity index is 0.00000450. The van der Waals surface area contributed by atoms with Gasteiger partial charge in [0.1, 0.15) is 11.5 Å². The molecule has 0 saturated carbocycles. The first-order valence-electron chi connectivity index (χ1n) is 9.93. The predicted octanol–water partition coefficient (Wildman–Crippen LogP) is 6.61. The fourth-order valence-electron chi connectivity index (χ4n) is 2.53. The summed E-state index contributed by atoms with van der Waals surface area (Å²) in [4.78, 5) is 12.9. The second-order valence-electron chi connectivity index (χ2n) is 7.77. The third-order valence-corrected chi connectivity index (χ3v) is 6.10. The zero-order valence-electron chi connectivity index (χ0n) is 18.4. The molecule has 0 aromatic heterocycles. The molecule has 1 unspecified atom stereocenters. The van der Waals surface area contributed by atoms with Crippen LogP contribution in [0.1, 0.15) is 50.9 Å². The summed E-state index contributed by atoms with van der Waals surface area (Å²) in [6.07, 6.45) is 1.92. The number of carbonyl (C=O) groups excluding carboxylic acids is 1. The maximum absolute atomic E-state index is 12.9. The van der Waals surface area contributed by atoms with Crippen molar-refractivity contribution < 1.29 is 14.3 Å². The Bertz CT molecular complexity index is 808. The van der Waals surface area contributed by atoms with Crippen molar-refractivity contribution in [1.82, 2.24) is 0 Å². The topological polar surface area (TPSA) is 35.5 Å². The standard InChI is InChI=1S/C23H29Cl2O3P.Li/c1-15(2)10-12-27-17-8-9-21(20(14-17)28-13-11-16(3)4)29-23(26)22-18(24)6-5-7-19(22)25;/h5-9,14-16,29H,10-13H2,1-4H3;. The molecule has 0 aliphatic rings. The van der Waals surface area contributed by atoms with Crippen molar-refractivity contribution >= 4 is 61.5 Å². The van der Waals surface area contributed by atoms with Crippen molar-refractivity contribution in [2.24, 2.45) is 11.8 Å². The van der Waals surface area contributed by atoms with E-state index in [4.69, 9.17) is 32.7 Å². The van der Waals surface area contributed by atoms with E-state index in [9.17, 15) is 4.79 Å².